The smallest absolute Gasteiger partial charge is 0.270 e. The molecule has 1 heterocycles. The van der Waals surface area contributed by atoms with E-state index >= 15 is 0 Å². The molecule has 112 valence electrons. The van der Waals surface area contributed by atoms with E-state index in [0.717, 1.165) is 10.5 Å². The number of benzene rings is 1. The molecule has 1 amide bonds. The molecule has 2 aromatic rings. The largest absolute Gasteiger partial charge is 0.323 e. The lowest BCUT2D eigenvalue weighted by atomic mass is 10.1. The van der Waals surface area contributed by atoms with Gasteiger partial charge in [0.05, 0.1) is 26.8 Å². The van der Waals surface area contributed by atoms with Gasteiger partial charge in [0.25, 0.3) is 5.69 Å². The summed E-state index contributed by atoms with van der Waals surface area (Å²) >= 11 is 3.24. The number of non-ortho nitro benzene ring substituents is 1. The zero-order valence-corrected chi connectivity index (χ0v) is 12.9. The number of hydrogen-bond acceptors (Lipinski definition) is 5. The number of amides is 1. The van der Waals surface area contributed by atoms with Gasteiger partial charge in [-0.2, -0.15) is 10.4 Å². The maximum Gasteiger partial charge on any atom is 0.270 e. The first kappa shape index (κ1) is 15.7. The van der Waals surface area contributed by atoms with Crippen LogP contribution in [0.3, 0.4) is 0 Å². The predicted molar refractivity (Wildman–Crippen MR) is 81.1 cm³/mol. The molecule has 0 aliphatic rings. The number of aromatic nitrogens is 2. The summed E-state index contributed by atoms with van der Waals surface area (Å²) in [5.74, 6) is -0.388. The molecule has 0 radical (unpaired) electrons. The Balaban J connectivity index is 2.21. The Hall–Kier alpha value is -2.73. The van der Waals surface area contributed by atoms with Crippen molar-refractivity contribution >= 4 is 33.2 Å². The van der Waals surface area contributed by atoms with Gasteiger partial charge in [0.15, 0.2) is 0 Å². The van der Waals surface area contributed by atoms with Gasteiger partial charge in [-0.25, -0.2) is 0 Å². The maximum absolute atomic E-state index is 12.2. The molecular weight excluding hydrogens is 354 g/mol. The van der Waals surface area contributed by atoms with Crippen LogP contribution in [-0.2, 0) is 4.79 Å². The van der Waals surface area contributed by atoms with Crippen molar-refractivity contribution in [2.75, 3.05) is 5.32 Å². The molecule has 1 atom stereocenters. The van der Waals surface area contributed by atoms with Crippen LogP contribution < -0.4 is 5.32 Å². The minimum Gasteiger partial charge on any atom is -0.323 e. The Morgan fingerprint density at radius 2 is 2.32 bits per heavy atom. The monoisotopic (exact) mass is 363 g/mol. The molecule has 0 aliphatic carbocycles. The number of halogens is 1. The third-order valence-electron chi connectivity index (χ3n) is 2.94. The van der Waals surface area contributed by atoms with Gasteiger partial charge in [-0.1, -0.05) is 0 Å². The number of nitro benzene ring substituents is 1. The van der Waals surface area contributed by atoms with E-state index in [1.165, 1.54) is 16.8 Å². The molecule has 1 aromatic carbocycles. The number of carbonyl (C=O) groups excluding carboxylic acids is 1. The molecule has 0 bridgehead atoms. The lowest BCUT2D eigenvalue weighted by Gasteiger charge is -2.13. The van der Waals surface area contributed by atoms with Crippen LogP contribution in [0.5, 0.6) is 0 Å². The fourth-order valence-corrected chi connectivity index (χ4v) is 2.03. The van der Waals surface area contributed by atoms with E-state index in [4.69, 9.17) is 5.26 Å². The fraction of sp³-hybridized carbons (Fsp3) is 0.154. The van der Waals surface area contributed by atoms with E-state index < -0.39 is 11.0 Å². The van der Waals surface area contributed by atoms with Crippen molar-refractivity contribution in [1.29, 1.82) is 5.26 Å². The van der Waals surface area contributed by atoms with Crippen molar-refractivity contribution in [1.82, 2.24) is 9.78 Å². The predicted octanol–water partition coefficient (Wildman–Crippen LogP) is 2.63. The Labute approximate surface area is 133 Å². The summed E-state index contributed by atoms with van der Waals surface area (Å²) < 4.78 is 2.19. The number of nitrogens with one attached hydrogen (secondary N) is 1. The van der Waals surface area contributed by atoms with Crippen LogP contribution in [-0.4, -0.2) is 20.6 Å². The molecule has 0 spiro atoms. The molecule has 1 aromatic heterocycles. The number of rotatable bonds is 4. The molecule has 2 rings (SSSR count). The molecule has 1 unspecified atom stereocenters. The van der Waals surface area contributed by atoms with Gasteiger partial charge < -0.3 is 5.32 Å². The summed E-state index contributed by atoms with van der Waals surface area (Å²) in [6.07, 6.45) is 3.20. The molecule has 1 N–H and O–H groups in total. The lowest BCUT2D eigenvalue weighted by molar-refractivity contribution is -0.384. The van der Waals surface area contributed by atoms with Crippen molar-refractivity contribution in [3.05, 3.63) is 50.7 Å². The summed E-state index contributed by atoms with van der Waals surface area (Å²) in [5.41, 5.74) is 0.0335. The minimum absolute atomic E-state index is 0.0244. The average Bonchev–Trinajstić information content (AvgIpc) is 2.93. The van der Waals surface area contributed by atoms with Crippen LogP contribution in [0.25, 0.3) is 0 Å². The van der Waals surface area contributed by atoms with Crippen molar-refractivity contribution in [3.8, 4) is 6.07 Å². The van der Waals surface area contributed by atoms with E-state index in [1.54, 1.807) is 19.3 Å². The van der Waals surface area contributed by atoms with Gasteiger partial charge >= 0.3 is 0 Å². The van der Waals surface area contributed by atoms with Crippen LogP contribution in [0.1, 0.15) is 18.5 Å². The van der Waals surface area contributed by atoms with Gasteiger partial charge in [0.2, 0.25) is 5.91 Å². The van der Waals surface area contributed by atoms with E-state index in [2.05, 4.69) is 26.3 Å². The van der Waals surface area contributed by atoms with Crippen molar-refractivity contribution in [3.63, 3.8) is 0 Å². The van der Waals surface area contributed by atoms with Crippen LogP contribution in [0.4, 0.5) is 11.4 Å². The first-order chi connectivity index (χ1) is 10.4. The van der Waals surface area contributed by atoms with E-state index in [0.29, 0.717) is 0 Å². The van der Waals surface area contributed by atoms with Crippen molar-refractivity contribution < 1.29 is 9.72 Å². The standard InChI is InChI=1S/C13H10BrN5O3/c1-8(18-7-10(14)6-16-18)13(20)17-12-3-2-11(19(21)22)4-9(12)5-15/h2-4,6-8H,1H3,(H,17,20). The van der Waals surface area contributed by atoms with Crippen LogP contribution in [0, 0.1) is 21.4 Å². The maximum atomic E-state index is 12.2. The number of hydrogen-bond donors (Lipinski definition) is 1. The summed E-state index contributed by atoms with van der Waals surface area (Å²) in [6, 6.07) is 4.90. The second kappa shape index (κ2) is 6.36. The van der Waals surface area contributed by atoms with Crippen LogP contribution >= 0.6 is 15.9 Å². The van der Waals surface area contributed by atoms with Gasteiger partial charge in [0, 0.05) is 18.3 Å². The second-order valence-electron chi connectivity index (χ2n) is 4.40. The second-order valence-corrected chi connectivity index (χ2v) is 5.32. The Morgan fingerprint density at radius 3 is 2.86 bits per heavy atom. The molecule has 0 fully saturated rings. The molecule has 0 saturated heterocycles. The first-order valence-electron chi connectivity index (χ1n) is 6.11. The number of nitrogens with zero attached hydrogens (tertiary/aromatic N) is 4. The summed E-state index contributed by atoms with van der Waals surface area (Å²) in [4.78, 5) is 22.3. The van der Waals surface area contributed by atoms with Gasteiger partial charge in [-0.05, 0) is 28.9 Å². The van der Waals surface area contributed by atoms with E-state index in [1.807, 2.05) is 6.07 Å². The average molecular weight is 364 g/mol. The fourth-order valence-electron chi connectivity index (χ4n) is 1.73. The third-order valence-corrected chi connectivity index (χ3v) is 3.35. The number of nitro groups is 1. The quantitative estimate of drug-likeness (QED) is 0.662. The topological polar surface area (TPSA) is 114 Å². The summed E-state index contributed by atoms with van der Waals surface area (Å²) in [6.45, 7) is 1.65. The van der Waals surface area contributed by atoms with Crippen molar-refractivity contribution in [2.45, 2.75) is 13.0 Å². The highest BCUT2D eigenvalue weighted by Crippen LogP contribution is 2.22. The molecule has 9 heteroatoms. The highest BCUT2D eigenvalue weighted by atomic mass is 79.9. The molecule has 0 saturated carbocycles. The molecule has 22 heavy (non-hydrogen) atoms. The molecule has 8 nitrogen and oxygen atoms in total. The van der Waals surface area contributed by atoms with Crippen LogP contribution in [0.15, 0.2) is 35.1 Å². The van der Waals surface area contributed by atoms with Gasteiger partial charge in [-0.3, -0.25) is 19.6 Å². The highest BCUT2D eigenvalue weighted by Gasteiger charge is 2.18. The molecule has 0 aliphatic heterocycles. The Morgan fingerprint density at radius 1 is 1.59 bits per heavy atom. The lowest BCUT2D eigenvalue weighted by Crippen LogP contribution is -2.24. The first-order valence-corrected chi connectivity index (χ1v) is 6.90. The minimum atomic E-state index is -0.604. The Bertz CT molecular complexity index is 780. The molecular formula is C13H10BrN5O3. The van der Waals surface area contributed by atoms with Gasteiger partial charge in [-0.15, -0.1) is 0 Å². The zero-order valence-electron chi connectivity index (χ0n) is 11.4. The van der Waals surface area contributed by atoms with Crippen molar-refractivity contribution in [2.24, 2.45) is 0 Å². The zero-order chi connectivity index (χ0) is 16.3. The summed E-state index contributed by atoms with van der Waals surface area (Å²) in [7, 11) is 0. The summed E-state index contributed by atoms with van der Waals surface area (Å²) in [5, 5.41) is 26.3. The van der Waals surface area contributed by atoms with Gasteiger partial charge in [0.1, 0.15) is 12.1 Å². The third kappa shape index (κ3) is 3.29. The number of carbonyl (C=O) groups is 1. The SMILES string of the molecule is CC(C(=O)Nc1ccc([N+](=O)[O-])cc1C#N)n1cc(Br)cn1. The highest BCUT2D eigenvalue weighted by molar-refractivity contribution is 9.10. The normalized spacial score (nSPS) is 11.5. The van der Waals surface area contributed by atoms with E-state index in [9.17, 15) is 14.9 Å². The van der Waals surface area contributed by atoms with Crippen LogP contribution in [0.2, 0.25) is 0 Å². The Kier molecular flexibility index (Phi) is 4.53. The number of anilines is 1. The van der Waals surface area contributed by atoms with E-state index in [-0.39, 0.29) is 22.8 Å². The number of nitriles is 1.